The zero-order valence-electron chi connectivity index (χ0n) is 22.2. The number of hydrogen-bond donors (Lipinski definition) is 2. The summed E-state index contributed by atoms with van der Waals surface area (Å²) in [5.41, 5.74) is 2.03. The molecule has 1 aliphatic rings. The lowest BCUT2D eigenvalue weighted by molar-refractivity contribution is -0.130. The van der Waals surface area contributed by atoms with Gasteiger partial charge in [-0.15, -0.1) is 0 Å². The Bertz CT molecular complexity index is 1320. The van der Waals surface area contributed by atoms with Gasteiger partial charge in [0.1, 0.15) is 11.8 Å². The minimum absolute atomic E-state index is 0.00176. The van der Waals surface area contributed by atoms with Crippen molar-refractivity contribution in [1.29, 1.82) is 0 Å². The largest absolute Gasteiger partial charge is 0.493 e. The summed E-state index contributed by atoms with van der Waals surface area (Å²) in [5.74, 6) is -0.353. The van der Waals surface area contributed by atoms with E-state index >= 15 is 0 Å². The minimum atomic E-state index is -0.787. The van der Waals surface area contributed by atoms with Crippen LogP contribution in [0.1, 0.15) is 40.7 Å². The second-order valence-electron chi connectivity index (χ2n) is 9.74. The maximum atomic E-state index is 13.3. The van der Waals surface area contributed by atoms with Gasteiger partial charge in [0.05, 0.1) is 18.6 Å². The van der Waals surface area contributed by atoms with Crippen molar-refractivity contribution >= 4 is 40.9 Å². The van der Waals surface area contributed by atoms with Crippen molar-refractivity contribution in [3.8, 4) is 5.75 Å². The summed E-state index contributed by atoms with van der Waals surface area (Å²) in [6.45, 7) is 1.80. The lowest BCUT2D eigenvalue weighted by Gasteiger charge is -2.24. The fourth-order valence-electron chi connectivity index (χ4n) is 4.60. The first-order valence-electron chi connectivity index (χ1n) is 13.5. The smallest absolute Gasteiger partial charge is 0.255 e. The molecule has 1 atom stereocenters. The van der Waals surface area contributed by atoms with Gasteiger partial charge in [-0.05, 0) is 60.7 Å². The van der Waals surface area contributed by atoms with E-state index in [0.717, 1.165) is 17.5 Å². The molecule has 40 heavy (non-hydrogen) atoms. The van der Waals surface area contributed by atoms with E-state index in [4.69, 9.17) is 27.9 Å². The number of amides is 3. The molecule has 7 nitrogen and oxygen atoms in total. The lowest BCUT2D eigenvalue weighted by Crippen LogP contribution is -2.48. The van der Waals surface area contributed by atoms with Crippen LogP contribution in [0.15, 0.2) is 72.8 Å². The fraction of sp³-hybridized carbons (Fsp3) is 0.323. The Kier molecular flexibility index (Phi) is 10.8. The van der Waals surface area contributed by atoms with E-state index in [0.29, 0.717) is 61.3 Å². The highest BCUT2D eigenvalue weighted by molar-refractivity contribution is 6.31. The molecule has 0 unspecified atom stereocenters. The maximum Gasteiger partial charge on any atom is 0.255 e. The van der Waals surface area contributed by atoms with Gasteiger partial charge in [0.25, 0.3) is 5.91 Å². The van der Waals surface area contributed by atoms with Crippen LogP contribution in [0.4, 0.5) is 0 Å². The van der Waals surface area contributed by atoms with Gasteiger partial charge >= 0.3 is 0 Å². The molecule has 0 aromatic heterocycles. The summed E-state index contributed by atoms with van der Waals surface area (Å²) in [7, 11) is 0. The van der Waals surface area contributed by atoms with E-state index in [-0.39, 0.29) is 23.8 Å². The van der Waals surface area contributed by atoms with Crippen LogP contribution >= 0.6 is 23.2 Å². The fourth-order valence-corrected chi connectivity index (χ4v) is 4.98. The zero-order valence-corrected chi connectivity index (χ0v) is 23.7. The number of fused-ring (bicyclic) bond motifs is 1. The summed E-state index contributed by atoms with van der Waals surface area (Å²) >= 11 is 12.3. The Labute approximate surface area is 244 Å². The Hall–Kier alpha value is -3.55. The minimum Gasteiger partial charge on any atom is -0.493 e. The highest BCUT2D eigenvalue weighted by atomic mass is 35.5. The Morgan fingerprint density at radius 3 is 2.42 bits per heavy atom. The van der Waals surface area contributed by atoms with E-state index in [2.05, 4.69) is 10.6 Å². The van der Waals surface area contributed by atoms with Crippen LogP contribution in [-0.4, -0.2) is 54.9 Å². The summed E-state index contributed by atoms with van der Waals surface area (Å²) in [6.07, 6.45) is 2.58. The van der Waals surface area contributed by atoms with Crippen molar-refractivity contribution in [3.63, 3.8) is 0 Å². The second kappa shape index (κ2) is 14.7. The topological polar surface area (TPSA) is 87.7 Å². The molecular weight excluding hydrogens is 549 g/mol. The van der Waals surface area contributed by atoms with E-state index in [1.807, 2.05) is 47.4 Å². The molecule has 1 heterocycles. The highest BCUT2D eigenvalue weighted by Crippen LogP contribution is 2.24. The van der Waals surface area contributed by atoms with Crippen molar-refractivity contribution in [3.05, 3.63) is 99.5 Å². The molecule has 4 rings (SSSR count). The number of nitrogens with one attached hydrogen (secondary N) is 2. The first-order valence-corrected chi connectivity index (χ1v) is 14.2. The zero-order chi connectivity index (χ0) is 28.3. The Morgan fingerprint density at radius 2 is 1.62 bits per heavy atom. The number of ether oxygens (including phenoxy) is 1. The van der Waals surface area contributed by atoms with Crippen LogP contribution in [0.2, 0.25) is 10.0 Å². The van der Waals surface area contributed by atoms with Crippen LogP contribution in [0.3, 0.4) is 0 Å². The quantitative estimate of drug-likeness (QED) is 0.449. The number of halogens is 2. The molecule has 0 spiro atoms. The summed E-state index contributed by atoms with van der Waals surface area (Å²) in [4.78, 5) is 41.5. The molecule has 1 aliphatic heterocycles. The summed E-state index contributed by atoms with van der Waals surface area (Å²) in [6, 6.07) is 20.9. The van der Waals surface area contributed by atoms with Gasteiger partial charge < -0.3 is 20.3 Å². The van der Waals surface area contributed by atoms with Gasteiger partial charge in [0.15, 0.2) is 0 Å². The number of benzene rings is 3. The number of carbonyl (C=O) groups is 3. The molecule has 0 fully saturated rings. The van der Waals surface area contributed by atoms with Crippen molar-refractivity contribution < 1.29 is 19.1 Å². The average Bonchev–Trinajstić information content (AvgIpc) is 2.94. The predicted octanol–water partition coefficient (Wildman–Crippen LogP) is 5.08. The summed E-state index contributed by atoms with van der Waals surface area (Å²) in [5, 5.41) is 6.81. The monoisotopic (exact) mass is 581 g/mol. The number of hydrogen-bond acceptors (Lipinski definition) is 4. The van der Waals surface area contributed by atoms with E-state index in [1.54, 1.807) is 24.3 Å². The average molecular weight is 583 g/mol. The van der Waals surface area contributed by atoms with Gasteiger partial charge in [-0.3, -0.25) is 14.4 Å². The van der Waals surface area contributed by atoms with E-state index in [9.17, 15) is 14.4 Å². The molecule has 3 aromatic rings. The Balaban J connectivity index is 1.51. The third-order valence-corrected chi connectivity index (χ3v) is 7.14. The molecule has 0 saturated carbocycles. The van der Waals surface area contributed by atoms with E-state index < -0.39 is 11.9 Å². The standard InChI is InChI=1S/C31H33Cl2N3O4/c32-24-11-6-10-23(18-24)20-29(37)36-15-5-4-14-34-31(39)27(19-22-8-2-1-3-9-22)35-30(38)26-21-25(33)12-13-28(26)40-17-7-16-36/h1-3,6,8-13,18,21,27H,4-5,7,14-17,19-20H2,(H,34,39)(H,35,38)/t27-/m0/s1. The molecule has 0 aliphatic carbocycles. The Morgan fingerprint density at radius 1 is 0.875 bits per heavy atom. The molecule has 3 aromatic carbocycles. The number of carbonyl (C=O) groups excluding carboxylic acids is 3. The summed E-state index contributed by atoms with van der Waals surface area (Å²) < 4.78 is 5.98. The first kappa shape index (κ1) is 29.4. The van der Waals surface area contributed by atoms with Crippen molar-refractivity contribution in [1.82, 2.24) is 15.5 Å². The number of nitrogens with zero attached hydrogens (tertiary/aromatic N) is 1. The van der Waals surface area contributed by atoms with Gasteiger partial charge in [0, 0.05) is 36.1 Å². The first-order chi connectivity index (χ1) is 19.4. The van der Waals surface area contributed by atoms with Crippen molar-refractivity contribution in [2.75, 3.05) is 26.2 Å². The molecule has 9 heteroatoms. The van der Waals surface area contributed by atoms with Gasteiger partial charge in [-0.25, -0.2) is 0 Å². The highest BCUT2D eigenvalue weighted by Gasteiger charge is 2.24. The lowest BCUT2D eigenvalue weighted by atomic mass is 10.0. The molecule has 210 valence electrons. The third kappa shape index (κ3) is 8.73. The van der Waals surface area contributed by atoms with Crippen molar-refractivity contribution in [2.45, 2.75) is 38.1 Å². The maximum absolute atomic E-state index is 13.3. The molecule has 3 amide bonds. The van der Waals surface area contributed by atoms with Gasteiger partial charge in [0.2, 0.25) is 11.8 Å². The number of rotatable bonds is 4. The van der Waals surface area contributed by atoms with Crippen LogP contribution < -0.4 is 15.4 Å². The van der Waals surface area contributed by atoms with Crippen molar-refractivity contribution in [2.24, 2.45) is 0 Å². The van der Waals surface area contributed by atoms with Gasteiger partial charge in [-0.1, -0.05) is 65.7 Å². The third-order valence-electron chi connectivity index (χ3n) is 6.67. The normalized spacial score (nSPS) is 17.2. The van der Waals surface area contributed by atoms with E-state index in [1.165, 1.54) is 6.07 Å². The molecule has 0 saturated heterocycles. The molecule has 2 N–H and O–H groups in total. The van der Waals surface area contributed by atoms with Gasteiger partial charge in [-0.2, -0.15) is 0 Å². The molecule has 0 bridgehead atoms. The second-order valence-corrected chi connectivity index (χ2v) is 10.6. The molecular formula is C31H33Cl2N3O4. The SMILES string of the molecule is O=C1N[C@@H](Cc2ccccc2)C(=O)NCCCCN(C(=O)Cc2cccc(Cl)c2)CCCOc2ccc(Cl)cc21. The van der Waals surface area contributed by atoms with Crippen LogP contribution in [0.5, 0.6) is 5.75 Å². The predicted molar refractivity (Wildman–Crippen MR) is 157 cm³/mol. The van der Waals surface area contributed by atoms with Crippen LogP contribution in [0.25, 0.3) is 0 Å². The van der Waals surface area contributed by atoms with Crippen LogP contribution in [0, 0.1) is 0 Å². The molecule has 0 radical (unpaired) electrons. The van der Waals surface area contributed by atoms with Crippen LogP contribution in [-0.2, 0) is 22.4 Å².